The molecule has 2 saturated carbocycles. The Morgan fingerprint density at radius 2 is 1.71 bits per heavy atom. The van der Waals surface area contributed by atoms with Crippen LogP contribution in [0.1, 0.15) is 76.5 Å². The highest BCUT2D eigenvalue weighted by molar-refractivity contribution is 5.25. The summed E-state index contributed by atoms with van der Waals surface area (Å²) in [6, 6.07) is 5.08. The number of rotatable bonds is 3. The Labute approximate surface area is 188 Å². The normalized spacial score (nSPS) is 35.7. The van der Waals surface area contributed by atoms with E-state index in [1.165, 1.54) is 31.2 Å². The predicted molar refractivity (Wildman–Crippen MR) is 123 cm³/mol. The summed E-state index contributed by atoms with van der Waals surface area (Å²) in [4.78, 5) is 7.49. The molecule has 5 rings (SSSR count). The van der Waals surface area contributed by atoms with E-state index in [0.29, 0.717) is 37.9 Å². The van der Waals surface area contributed by atoms with Crippen molar-refractivity contribution >= 4 is 0 Å². The average Bonchev–Trinajstić information content (AvgIpc) is 3.17. The summed E-state index contributed by atoms with van der Waals surface area (Å²) in [7, 11) is 0. The van der Waals surface area contributed by atoms with E-state index in [1.54, 1.807) is 0 Å². The van der Waals surface area contributed by atoms with Crippen LogP contribution in [0.15, 0.2) is 18.3 Å². The average molecular weight is 431 g/mol. The molecule has 174 valence electrons. The number of fused-ring (bicyclic) bond motifs is 1. The van der Waals surface area contributed by atoms with Crippen LogP contribution in [0.3, 0.4) is 0 Å². The highest BCUT2D eigenvalue weighted by Gasteiger charge is 2.48. The van der Waals surface area contributed by atoms with Crippen molar-refractivity contribution < 1.29 is 14.6 Å². The largest absolute Gasteiger partial charge is 0.383 e. The second-order valence-electron chi connectivity index (χ2n) is 9.83. The molecule has 4 fully saturated rings. The molecular weight excluding hydrogens is 388 g/mol. The van der Waals surface area contributed by atoms with Gasteiger partial charge in [0.25, 0.3) is 0 Å². The summed E-state index contributed by atoms with van der Waals surface area (Å²) in [6.07, 6.45) is 8.75. The quantitative estimate of drug-likeness (QED) is 0.773. The Balaban J connectivity index is 0.00000112. The van der Waals surface area contributed by atoms with Crippen LogP contribution in [-0.4, -0.2) is 60.5 Å². The number of aliphatic hydroxyl groups is 1. The van der Waals surface area contributed by atoms with Crippen LogP contribution >= 0.6 is 0 Å². The predicted octanol–water partition coefficient (Wildman–Crippen LogP) is 4.35. The fraction of sp³-hybridized carbons (Fsp3) is 0.808. The third kappa shape index (κ3) is 4.71. The van der Waals surface area contributed by atoms with Crippen molar-refractivity contribution in [1.29, 1.82) is 0 Å². The molecule has 1 N–H and O–H groups in total. The van der Waals surface area contributed by atoms with Crippen molar-refractivity contribution in [2.75, 3.05) is 39.5 Å². The van der Waals surface area contributed by atoms with E-state index in [0.717, 1.165) is 49.9 Å². The van der Waals surface area contributed by atoms with Gasteiger partial charge in [0.05, 0.1) is 18.9 Å². The minimum atomic E-state index is -0.813. The van der Waals surface area contributed by atoms with Crippen molar-refractivity contribution in [2.24, 2.45) is 17.8 Å². The smallest absolute Gasteiger partial charge is 0.111 e. The summed E-state index contributed by atoms with van der Waals surface area (Å²) < 4.78 is 11.0. The first-order valence-corrected chi connectivity index (χ1v) is 12.7. The monoisotopic (exact) mass is 430 g/mol. The second kappa shape index (κ2) is 10.3. The van der Waals surface area contributed by atoms with Gasteiger partial charge in [0.1, 0.15) is 5.60 Å². The topological polar surface area (TPSA) is 54.8 Å². The molecule has 1 aromatic heterocycles. The van der Waals surface area contributed by atoms with E-state index in [-0.39, 0.29) is 0 Å². The van der Waals surface area contributed by atoms with Crippen LogP contribution in [0, 0.1) is 17.8 Å². The lowest BCUT2D eigenvalue weighted by Crippen LogP contribution is -2.49. The van der Waals surface area contributed by atoms with Crippen LogP contribution in [-0.2, 0) is 15.1 Å². The van der Waals surface area contributed by atoms with E-state index in [2.05, 4.69) is 30.2 Å². The van der Waals surface area contributed by atoms with Gasteiger partial charge in [-0.25, -0.2) is 0 Å². The SMILES string of the molecule is CC.CC1CC2C(CCCC2N2CCOCC2)C1c1ccc(C2(O)CCOCC2)nc1. The van der Waals surface area contributed by atoms with Gasteiger partial charge >= 0.3 is 0 Å². The number of nitrogens with zero attached hydrogens (tertiary/aromatic N) is 2. The molecule has 0 radical (unpaired) electrons. The van der Waals surface area contributed by atoms with Crippen LogP contribution < -0.4 is 0 Å². The Kier molecular flexibility index (Phi) is 7.68. The van der Waals surface area contributed by atoms with Crippen LogP contribution in [0.4, 0.5) is 0 Å². The van der Waals surface area contributed by atoms with Gasteiger partial charge in [-0.15, -0.1) is 0 Å². The molecule has 5 atom stereocenters. The van der Waals surface area contributed by atoms with Gasteiger partial charge in [0.2, 0.25) is 0 Å². The lowest BCUT2D eigenvalue weighted by atomic mass is 9.72. The van der Waals surface area contributed by atoms with E-state index in [1.807, 2.05) is 13.8 Å². The molecule has 31 heavy (non-hydrogen) atoms. The molecule has 2 aliphatic heterocycles. The molecule has 5 unspecified atom stereocenters. The molecule has 0 aromatic carbocycles. The van der Waals surface area contributed by atoms with E-state index >= 15 is 0 Å². The summed E-state index contributed by atoms with van der Waals surface area (Å²) in [5, 5.41) is 11.0. The van der Waals surface area contributed by atoms with Gasteiger partial charge in [-0.3, -0.25) is 9.88 Å². The maximum absolute atomic E-state index is 11.0. The van der Waals surface area contributed by atoms with Gasteiger partial charge in [0.15, 0.2) is 0 Å². The van der Waals surface area contributed by atoms with Gasteiger partial charge in [-0.2, -0.15) is 0 Å². The summed E-state index contributed by atoms with van der Waals surface area (Å²) in [6.45, 7) is 11.7. The maximum atomic E-state index is 11.0. The Morgan fingerprint density at radius 3 is 2.39 bits per heavy atom. The number of ether oxygens (including phenoxy) is 2. The molecule has 5 heteroatoms. The number of pyridine rings is 1. The first-order chi connectivity index (χ1) is 15.2. The maximum Gasteiger partial charge on any atom is 0.111 e. The Hall–Kier alpha value is -1.01. The number of hydrogen-bond donors (Lipinski definition) is 1. The first-order valence-electron chi connectivity index (χ1n) is 12.7. The van der Waals surface area contributed by atoms with Gasteiger partial charge in [-0.05, 0) is 54.6 Å². The van der Waals surface area contributed by atoms with Crippen molar-refractivity contribution in [1.82, 2.24) is 9.88 Å². The highest BCUT2D eigenvalue weighted by Crippen LogP contribution is 2.54. The molecule has 2 saturated heterocycles. The molecule has 2 aliphatic carbocycles. The van der Waals surface area contributed by atoms with Crippen molar-refractivity contribution in [3.63, 3.8) is 0 Å². The molecule has 1 aromatic rings. The Bertz CT molecular complexity index is 682. The zero-order chi connectivity index (χ0) is 21.8. The fourth-order valence-electron chi connectivity index (χ4n) is 6.83. The van der Waals surface area contributed by atoms with Gasteiger partial charge in [0, 0.05) is 51.4 Å². The highest BCUT2D eigenvalue weighted by atomic mass is 16.5. The number of morpholine rings is 1. The van der Waals surface area contributed by atoms with Gasteiger partial charge < -0.3 is 14.6 Å². The molecule has 0 bridgehead atoms. The molecule has 5 nitrogen and oxygen atoms in total. The van der Waals surface area contributed by atoms with Crippen molar-refractivity contribution in [2.45, 2.75) is 76.9 Å². The zero-order valence-corrected chi connectivity index (χ0v) is 19.8. The van der Waals surface area contributed by atoms with E-state index in [9.17, 15) is 5.11 Å². The lowest BCUT2D eigenvalue weighted by molar-refractivity contribution is -0.0705. The van der Waals surface area contributed by atoms with Crippen LogP contribution in [0.2, 0.25) is 0 Å². The lowest BCUT2D eigenvalue weighted by Gasteiger charge is -2.44. The molecule has 0 amide bonds. The van der Waals surface area contributed by atoms with E-state index < -0.39 is 5.60 Å². The fourth-order valence-corrected chi connectivity index (χ4v) is 6.83. The third-order valence-electron chi connectivity index (χ3n) is 8.28. The number of aromatic nitrogens is 1. The third-order valence-corrected chi connectivity index (χ3v) is 8.28. The first kappa shape index (κ1) is 23.2. The summed E-state index contributed by atoms with van der Waals surface area (Å²) in [5.41, 5.74) is 1.39. The molecule has 4 aliphatic rings. The molecule has 0 spiro atoms. The molecular formula is C26H42N2O3. The van der Waals surface area contributed by atoms with Crippen molar-refractivity contribution in [3.8, 4) is 0 Å². The zero-order valence-electron chi connectivity index (χ0n) is 19.8. The van der Waals surface area contributed by atoms with Gasteiger partial charge in [-0.1, -0.05) is 33.3 Å². The molecule has 3 heterocycles. The minimum Gasteiger partial charge on any atom is -0.383 e. The number of hydrogen-bond acceptors (Lipinski definition) is 5. The Morgan fingerprint density at radius 1 is 1.00 bits per heavy atom. The summed E-state index contributed by atoms with van der Waals surface area (Å²) in [5.74, 6) is 2.88. The minimum absolute atomic E-state index is 0.606. The van der Waals surface area contributed by atoms with Crippen molar-refractivity contribution in [3.05, 3.63) is 29.6 Å². The standard InChI is InChI=1S/C24H36N2O3.C2H6/c1-17-15-20-19(3-2-4-21(20)26-9-13-29-14-10-26)23(17)18-5-6-22(25-16-18)24(27)7-11-28-12-8-24;1-2/h5-6,16-17,19-21,23,27H,2-4,7-15H2,1H3;1-2H3. The summed E-state index contributed by atoms with van der Waals surface area (Å²) >= 11 is 0. The second-order valence-corrected chi connectivity index (χ2v) is 9.83. The van der Waals surface area contributed by atoms with Crippen LogP contribution in [0.5, 0.6) is 0 Å². The van der Waals surface area contributed by atoms with E-state index in [4.69, 9.17) is 14.5 Å². The van der Waals surface area contributed by atoms with Crippen LogP contribution in [0.25, 0.3) is 0 Å².